The standard InChI is InChI=1S/C16H15FO3S/c1-20-12-6-3-10(4-7-12)15(18)16(19)11-5-8-14(21-2)13(17)9-11/h3-9,15,18H,1-2H3. The number of benzene rings is 2. The molecule has 0 amide bonds. The Balaban J connectivity index is 2.23. The van der Waals surface area contributed by atoms with Crippen molar-refractivity contribution in [2.24, 2.45) is 0 Å². The number of ketones is 1. The number of hydrogen-bond acceptors (Lipinski definition) is 4. The van der Waals surface area contributed by atoms with Gasteiger partial charge in [-0.15, -0.1) is 11.8 Å². The van der Waals surface area contributed by atoms with Gasteiger partial charge in [0.1, 0.15) is 17.7 Å². The van der Waals surface area contributed by atoms with Crippen molar-refractivity contribution in [3.63, 3.8) is 0 Å². The summed E-state index contributed by atoms with van der Waals surface area (Å²) in [6.07, 6.45) is 0.432. The molecule has 5 heteroatoms. The van der Waals surface area contributed by atoms with E-state index in [2.05, 4.69) is 0 Å². The molecule has 0 spiro atoms. The van der Waals surface area contributed by atoms with Crippen molar-refractivity contribution in [2.45, 2.75) is 11.0 Å². The lowest BCUT2D eigenvalue weighted by Gasteiger charge is -2.11. The fourth-order valence-electron chi connectivity index (χ4n) is 1.92. The zero-order valence-corrected chi connectivity index (χ0v) is 12.5. The minimum absolute atomic E-state index is 0.147. The molecule has 2 aromatic rings. The Morgan fingerprint density at radius 1 is 1.24 bits per heavy atom. The van der Waals surface area contributed by atoms with Crippen LogP contribution >= 0.6 is 11.8 Å². The van der Waals surface area contributed by atoms with Crippen molar-refractivity contribution in [3.05, 3.63) is 59.4 Å². The number of rotatable bonds is 5. The Hall–Kier alpha value is -1.85. The molecule has 0 radical (unpaired) electrons. The minimum atomic E-state index is -1.32. The van der Waals surface area contributed by atoms with Crippen LogP contribution in [-0.4, -0.2) is 24.3 Å². The molecular weight excluding hydrogens is 291 g/mol. The van der Waals surface area contributed by atoms with Crippen LogP contribution in [0, 0.1) is 5.82 Å². The summed E-state index contributed by atoms with van der Waals surface area (Å²) in [6, 6.07) is 10.7. The van der Waals surface area contributed by atoms with Crippen molar-refractivity contribution >= 4 is 17.5 Å². The summed E-state index contributed by atoms with van der Waals surface area (Å²) < 4.78 is 18.7. The van der Waals surface area contributed by atoms with Crippen LogP contribution in [0.15, 0.2) is 47.4 Å². The van der Waals surface area contributed by atoms with Gasteiger partial charge in [0.15, 0.2) is 5.78 Å². The predicted octanol–water partition coefficient (Wildman–Crippen LogP) is 3.47. The molecule has 21 heavy (non-hydrogen) atoms. The summed E-state index contributed by atoms with van der Waals surface area (Å²) in [4.78, 5) is 12.7. The quantitative estimate of drug-likeness (QED) is 0.678. The van der Waals surface area contributed by atoms with Crippen LogP contribution < -0.4 is 4.74 Å². The molecule has 0 aliphatic carbocycles. The number of methoxy groups -OCH3 is 1. The largest absolute Gasteiger partial charge is 0.497 e. The molecule has 110 valence electrons. The minimum Gasteiger partial charge on any atom is -0.497 e. The van der Waals surface area contributed by atoms with Crippen LogP contribution in [0.1, 0.15) is 22.0 Å². The van der Waals surface area contributed by atoms with E-state index in [9.17, 15) is 14.3 Å². The normalized spacial score (nSPS) is 12.0. The molecule has 1 N–H and O–H groups in total. The maximum absolute atomic E-state index is 13.7. The van der Waals surface area contributed by atoms with E-state index in [1.807, 2.05) is 0 Å². The smallest absolute Gasteiger partial charge is 0.195 e. The van der Waals surface area contributed by atoms with E-state index in [1.54, 1.807) is 30.5 Å². The van der Waals surface area contributed by atoms with Crippen LogP contribution in [0.5, 0.6) is 5.75 Å². The lowest BCUT2D eigenvalue weighted by Crippen LogP contribution is -2.12. The Labute approximate surface area is 126 Å². The molecule has 0 aliphatic heterocycles. The Morgan fingerprint density at radius 2 is 1.90 bits per heavy atom. The van der Waals surface area contributed by atoms with Gasteiger partial charge in [-0.25, -0.2) is 4.39 Å². The second-order valence-corrected chi connectivity index (χ2v) is 5.24. The summed E-state index contributed by atoms with van der Waals surface area (Å²) in [5.74, 6) is -0.365. The third-order valence-corrected chi connectivity index (χ3v) is 3.89. The van der Waals surface area contributed by atoms with Gasteiger partial charge in [-0.05, 0) is 42.2 Å². The van der Waals surface area contributed by atoms with Crippen molar-refractivity contribution in [1.29, 1.82) is 0 Å². The highest BCUT2D eigenvalue weighted by Gasteiger charge is 2.20. The van der Waals surface area contributed by atoms with E-state index in [0.29, 0.717) is 16.2 Å². The molecule has 0 saturated carbocycles. The molecule has 0 saturated heterocycles. The highest BCUT2D eigenvalue weighted by Crippen LogP contribution is 2.24. The number of carbonyl (C=O) groups is 1. The van der Waals surface area contributed by atoms with E-state index in [-0.39, 0.29) is 5.56 Å². The third-order valence-electron chi connectivity index (χ3n) is 3.12. The Kier molecular flexibility index (Phi) is 4.98. The van der Waals surface area contributed by atoms with E-state index in [4.69, 9.17) is 4.74 Å². The van der Waals surface area contributed by atoms with Gasteiger partial charge in [-0.3, -0.25) is 4.79 Å². The molecule has 0 fully saturated rings. The lowest BCUT2D eigenvalue weighted by atomic mass is 10.00. The van der Waals surface area contributed by atoms with E-state index < -0.39 is 17.7 Å². The molecular formula is C16H15FO3S. The number of thioether (sulfide) groups is 1. The van der Waals surface area contributed by atoms with E-state index in [0.717, 1.165) is 6.07 Å². The Bertz CT molecular complexity index is 640. The monoisotopic (exact) mass is 306 g/mol. The predicted molar refractivity (Wildman–Crippen MR) is 80.5 cm³/mol. The van der Waals surface area contributed by atoms with Gasteiger partial charge in [0, 0.05) is 10.5 Å². The van der Waals surface area contributed by atoms with Crippen LogP contribution in [0.25, 0.3) is 0 Å². The molecule has 1 atom stereocenters. The zero-order valence-electron chi connectivity index (χ0n) is 11.7. The molecule has 3 nitrogen and oxygen atoms in total. The molecule has 0 aliphatic rings. The maximum atomic E-state index is 13.7. The lowest BCUT2D eigenvalue weighted by molar-refractivity contribution is 0.0747. The van der Waals surface area contributed by atoms with Gasteiger partial charge < -0.3 is 9.84 Å². The summed E-state index contributed by atoms with van der Waals surface area (Å²) in [5.41, 5.74) is 0.587. The fraction of sp³-hybridized carbons (Fsp3) is 0.188. The van der Waals surface area contributed by atoms with Gasteiger partial charge in [0.25, 0.3) is 0 Å². The number of halogens is 1. The molecule has 1 unspecified atom stereocenters. The first-order valence-corrected chi connectivity index (χ1v) is 7.49. The van der Waals surface area contributed by atoms with Crippen LogP contribution in [0.4, 0.5) is 4.39 Å². The molecule has 0 heterocycles. The zero-order chi connectivity index (χ0) is 15.4. The highest BCUT2D eigenvalue weighted by atomic mass is 32.2. The molecule has 2 aromatic carbocycles. The van der Waals surface area contributed by atoms with Gasteiger partial charge in [0.05, 0.1) is 7.11 Å². The fourth-order valence-corrected chi connectivity index (χ4v) is 2.37. The SMILES string of the molecule is COc1ccc(C(O)C(=O)c2ccc(SC)c(F)c2)cc1. The molecule has 0 bridgehead atoms. The first-order chi connectivity index (χ1) is 10.1. The number of aliphatic hydroxyl groups excluding tert-OH is 1. The van der Waals surface area contributed by atoms with Gasteiger partial charge >= 0.3 is 0 Å². The van der Waals surface area contributed by atoms with E-state index >= 15 is 0 Å². The van der Waals surface area contributed by atoms with Crippen LogP contribution in [-0.2, 0) is 0 Å². The third kappa shape index (κ3) is 3.43. The van der Waals surface area contributed by atoms with Crippen molar-refractivity contribution in [2.75, 3.05) is 13.4 Å². The van der Waals surface area contributed by atoms with Crippen molar-refractivity contribution < 1.29 is 19.0 Å². The van der Waals surface area contributed by atoms with Crippen LogP contribution in [0.2, 0.25) is 0 Å². The second kappa shape index (κ2) is 6.74. The topological polar surface area (TPSA) is 46.5 Å². The first-order valence-electron chi connectivity index (χ1n) is 6.26. The summed E-state index contributed by atoms with van der Waals surface area (Å²) in [7, 11) is 1.53. The van der Waals surface area contributed by atoms with E-state index in [1.165, 1.54) is 31.0 Å². The van der Waals surface area contributed by atoms with Crippen molar-refractivity contribution in [3.8, 4) is 5.75 Å². The summed E-state index contributed by atoms with van der Waals surface area (Å²) in [5, 5.41) is 10.1. The molecule has 0 aromatic heterocycles. The van der Waals surface area contributed by atoms with Gasteiger partial charge in [-0.2, -0.15) is 0 Å². The van der Waals surface area contributed by atoms with Crippen molar-refractivity contribution in [1.82, 2.24) is 0 Å². The average Bonchev–Trinajstić information content (AvgIpc) is 2.53. The number of ether oxygens (including phenoxy) is 1. The number of hydrogen-bond donors (Lipinski definition) is 1. The van der Waals surface area contributed by atoms with Crippen LogP contribution in [0.3, 0.4) is 0 Å². The summed E-state index contributed by atoms with van der Waals surface area (Å²) >= 11 is 1.26. The Morgan fingerprint density at radius 3 is 2.43 bits per heavy atom. The first kappa shape index (κ1) is 15.5. The molecule has 2 rings (SSSR count). The average molecular weight is 306 g/mol. The number of carbonyl (C=O) groups excluding carboxylic acids is 1. The second-order valence-electron chi connectivity index (χ2n) is 4.39. The maximum Gasteiger partial charge on any atom is 0.195 e. The van der Waals surface area contributed by atoms with Gasteiger partial charge in [0.2, 0.25) is 0 Å². The summed E-state index contributed by atoms with van der Waals surface area (Å²) in [6.45, 7) is 0. The highest BCUT2D eigenvalue weighted by molar-refractivity contribution is 7.98. The number of aliphatic hydroxyl groups is 1. The number of Topliss-reactive ketones (excluding diaryl/α,β-unsaturated/α-hetero) is 1. The van der Waals surface area contributed by atoms with Gasteiger partial charge in [-0.1, -0.05) is 12.1 Å².